The minimum atomic E-state index is -0.250. The van der Waals surface area contributed by atoms with Crippen LogP contribution in [0.2, 0.25) is 0 Å². The molecule has 1 atom stereocenters. The number of amides is 1. The van der Waals surface area contributed by atoms with Crippen LogP contribution in [-0.2, 0) is 17.6 Å². The number of carbonyl (C=O) groups is 1. The van der Waals surface area contributed by atoms with E-state index in [-0.39, 0.29) is 23.9 Å². The van der Waals surface area contributed by atoms with E-state index in [1.165, 1.54) is 0 Å². The number of aromatic nitrogens is 3. The van der Waals surface area contributed by atoms with Crippen molar-refractivity contribution >= 4 is 5.91 Å². The van der Waals surface area contributed by atoms with Gasteiger partial charge < -0.3 is 10.3 Å². The zero-order chi connectivity index (χ0) is 16.1. The average molecular weight is 300 g/mol. The van der Waals surface area contributed by atoms with E-state index in [9.17, 15) is 9.59 Å². The second-order valence-electron chi connectivity index (χ2n) is 5.43. The van der Waals surface area contributed by atoms with E-state index in [4.69, 9.17) is 0 Å². The number of hydrogen-bond donors (Lipinski definition) is 2. The molecule has 0 aliphatic carbocycles. The fraction of sp³-hybridized carbons (Fsp3) is 0.375. The number of nitrogens with zero attached hydrogens (tertiary/aromatic N) is 2. The summed E-state index contributed by atoms with van der Waals surface area (Å²) in [6.07, 6.45) is 4.22. The molecule has 1 amide bonds. The van der Waals surface area contributed by atoms with E-state index < -0.39 is 0 Å². The van der Waals surface area contributed by atoms with Crippen molar-refractivity contribution in [3.63, 3.8) is 0 Å². The number of nitrogens with one attached hydrogen (secondary N) is 2. The summed E-state index contributed by atoms with van der Waals surface area (Å²) in [5, 5.41) is 2.90. The second kappa shape index (κ2) is 6.98. The molecule has 2 N–H and O–H groups in total. The summed E-state index contributed by atoms with van der Waals surface area (Å²) in [5.74, 6) is 0.368. The lowest BCUT2D eigenvalue weighted by molar-refractivity contribution is -0.121. The first-order valence-corrected chi connectivity index (χ1v) is 7.20. The largest absolute Gasteiger partial charge is 0.353 e. The Hall–Kier alpha value is -2.50. The van der Waals surface area contributed by atoms with Gasteiger partial charge in [0.1, 0.15) is 5.82 Å². The van der Waals surface area contributed by atoms with Crippen molar-refractivity contribution in [2.75, 3.05) is 0 Å². The van der Waals surface area contributed by atoms with Crippen molar-refractivity contribution in [2.24, 2.45) is 0 Å². The first kappa shape index (κ1) is 15.9. The Morgan fingerprint density at radius 1 is 1.41 bits per heavy atom. The van der Waals surface area contributed by atoms with Crippen LogP contribution in [0.15, 0.2) is 29.3 Å². The molecule has 0 saturated carbocycles. The molecule has 2 aromatic heterocycles. The van der Waals surface area contributed by atoms with E-state index in [2.05, 4.69) is 20.3 Å². The topological polar surface area (TPSA) is 87.7 Å². The number of aryl methyl sites for hydroxylation is 2. The van der Waals surface area contributed by atoms with Crippen LogP contribution in [0.3, 0.4) is 0 Å². The van der Waals surface area contributed by atoms with Crippen LogP contribution in [0.5, 0.6) is 0 Å². The maximum atomic E-state index is 12.1. The molecule has 22 heavy (non-hydrogen) atoms. The van der Waals surface area contributed by atoms with E-state index in [1.807, 2.05) is 19.1 Å². The van der Waals surface area contributed by atoms with E-state index in [1.54, 1.807) is 26.2 Å². The highest BCUT2D eigenvalue weighted by Gasteiger charge is 2.14. The Morgan fingerprint density at radius 2 is 2.18 bits per heavy atom. The molecule has 6 heteroatoms. The molecule has 0 aliphatic heterocycles. The van der Waals surface area contributed by atoms with Gasteiger partial charge in [-0.2, -0.15) is 0 Å². The van der Waals surface area contributed by atoms with Gasteiger partial charge in [-0.3, -0.25) is 14.6 Å². The van der Waals surface area contributed by atoms with Crippen molar-refractivity contribution in [1.29, 1.82) is 0 Å². The number of aromatic amines is 1. The Bertz CT molecular complexity index is 710. The van der Waals surface area contributed by atoms with Crippen molar-refractivity contribution < 1.29 is 4.79 Å². The SMILES string of the molecule is Cc1nc(C)c(CC(=O)N[C@@H](C)Cc2cccnc2)c(=O)[nH]1. The van der Waals surface area contributed by atoms with Gasteiger partial charge in [0.25, 0.3) is 5.56 Å². The third-order valence-corrected chi connectivity index (χ3v) is 3.35. The van der Waals surface area contributed by atoms with E-state index in [0.717, 1.165) is 5.56 Å². The van der Waals surface area contributed by atoms with Gasteiger partial charge in [-0.15, -0.1) is 0 Å². The Balaban J connectivity index is 1.97. The second-order valence-corrected chi connectivity index (χ2v) is 5.43. The standard InChI is InChI=1S/C16H20N4O2/c1-10(7-13-5-4-6-17-9-13)18-15(21)8-14-11(2)19-12(3)20-16(14)22/h4-6,9-10H,7-8H2,1-3H3,(H,18,21)(H,19,20,22)/t10-/m0/s1. The molecular formula is C16H20N4O2. The quantitative estimate of drug-likeness (QED) is 0.864. The molecule has 2 aromatic rings. The fourth-order valence-electron chi connectivity index (χ4n) is 2.37. The summed E-state index contributed by atoms with van der Waals surface area (Å²) in [7, 11) is 0. The number of rotatable bonds is 5. The van der Waals surface area contributed by atoms with E-state index >= 15 is 0 Å². The highest BCUT2D eigenvalue weighted by Crippen LogP contribution is 2.03. The summed E-state index contributed by atoms with van der Waals surface area (Å²) in [6, 6.07) is 3.80. The predicted molar refractivity (Wildman–Crippen MR) is 83.6 cm³/mol. The molecule has 0 aliphatic rings. The third kappa shape index (κ3) is 4.25. The first-order chi connectivity index (χ1) is 10.5. The van der Waals surface area contributed by atoms with Gasteiger partial charge in [-0.25, -0.2) is 4.98 Å². The van der Waals surface area contributed by atoms with Crippen molar-refractivity contribution in [1.82, 2.24) is 20.3 Å². The van der Waals surface area contributed by atoms with Gasteiger partial charge in [-0.05, 0) is 38.8 Å². The molecule has 0 radical (unpaired) electrons. The molecule has 6 nitrogen and oxygen atoms in total. The Kier molecular flexibility index (Phi) is 5.04. The van der Waals surface area contributed by atoms with Gasteiger partial charge >= 0.3 is 0 Å². The summed E-state index contributed by atoms with van der Waals surface area (Å²) >= 11 is 0. The van der Waals surface area contributed by atoms with Gasteiger partial charge in [0.05, 0.1) is 6.42 Å². The van der Waals surface area contributed by atoms with Crippen molar-refractivity contribution in [2.45, 2.75) is 39.7 Å². The number of pyridine rings is 1. The van der Waals surface area contributed by atoms with Gasteiger partial charge in [0.2, 0.25) is 5.91 Å². The van der Waals surface area contributed by atoms with Crippen LogP contribution in [-0.4, -0.2) is 26.9 Å². The Labute approximate surface area is 129 Å². The fourth-order valence-corrected chi connectivity index (χ4v) is 2.37. The molecule has 116 valence electrons. The minimum absolute atomic E-state index is 0.0329. The molecule has 0 unspecified atom stereocenters. The Morgan fingerprint density at radius 3 is 2.82 bits per heavy atom. The molecule has 2 rings (SSSR count). The molecular weight excluding hydrogens is 280 g/mol. The monoisotopic (exact) mass is 300 g/mol. The highest BCUT2D eigenvalue weighted by atomic mass is 16.2. The number of carbonyl (C=O) groups excluding carboxylic acids is 1. The predicted octanol–water partition coefficient (Wildman–Crippen LogP) is 1.07. The van der Waals surface area contributed by atoms with Crippen LogP contribution in [0, 0.1) is 13.8 Å². The van der Waals surface area contributed by atoms with Crippen LogP contribution >= 0.6 is 0 Å². The summed E-state index contributed by atoms with van der Waals surface area (Å²) in [5.41, 5.74) is 1.81. The summed E-state index contributed by atoms with van der Waals surface area (Å²) < 4.78 is 0. The molecule has 0 aromatic carbocycles. The summed E-state index contributed by atoms with van der Waals surface area (Å²) in [6.45, 7) is 5.38. The van der Waals surface area contributed by atoms with Gasteiger partial charge in [-0.1, -0.05) is 6.07 Å². The zero-order valence-electron chi connectivity index (χ0n) is 13.0. The van der Waals surface area contributed by atoms with Crippen molar-refractivity contribution in [3.8, 4) is 0 Å². The zero-order valence-corrected chi connectivity index (χ0v) is 13.0. The van der Waals surface area contributed by atoms with Gasteiger partial charge in [0.15, 0.2) is 0 Å². The number of H-pyrrole nitrogens is 1. The van der Waals surface area contributed by atoms with E-state index in [0.29, 0.717) is 23.5 Å². The highest BCUT2D eigenvalue weighted by molar-refractivity contribution is 5.79. The lowest BCUT2D eigenvalue weighted by Crippen LogP contribution is -2.36. The smallest absolute Gasteiger partial charge is 0.254 e. The van der Waals surface area contributed by atoms with Crippen LogP contribution in [0.4, 0.5) is 0 Å². The third-order valence-electron chi connectivity index (χ3n) is 3.35. The normalized spacial score (nSPS) is 12.0. The lowest BCUT2D eigenvalue weighted by atomic mass is 10.1. The maximum absolute atomic E-state index is 12.1. The molecule has 0 spiro atoms. The minimum Gasteiger partial charge on any atom is -0.353 e. The van der Waals surface area contributed by atoms with Gasteiger partial charge in [0, 0.05) is 29.7 Å². The molecule has 0 fully saturated rings. The van der Waals surface area contributed by atoms with Crippen molar-refractivity contribution in [3.05, 3.63) is 57.5 Å². The molecule has 0 saturated heterocycles. The average Bonchev–Trinajstić information content (AvgIpc) is 2.43. The molecule has 2 heterocycles. The first-order valence-electron chi connectivity index (χ1n) is 7.20. The summed E-state index contributed by atoms with van der Waals surface area (Å²) in [4.78, 5) is 34.8. The van der Waals surface area contributed by atoms with Crippen LogP contribution < -0.4 is 10.9 Å². The molecule has 0 bridgehead atoms. The lowest BCUT2D eigenvalue weighted by Gasteiger charge is -2.14. The number of hydrogen-bond acceptors (Lipinski definition) is 4. The van der Waals surface area contributed by atoms with Crippen LogP contribution in [0.1, 0.15) is 29.6 Å². The van der Waals surface area contributed by atoms with Crippen LogP contribution in [0.25, 0.3) is 0 Å². The maximum Gasteiger partial charge on any atom is 0.254 e.